The number of rotatable bonds is 7. The maximum atomic E-state index is 12.2. The highest BCUT2D eigenvalue weighted by molar-refractivity contribution is 7.99. The molecule has 0 spiro atoms. The maximum absolute atomic E-state index is 12.2. The molecule has 10 nitrogen and oxygen atoms in total. The number of aromatic nitrogens is 3. The lowest BCUT2D eigenvalue weighted by Crippen LogP contribution is -2.17. The van der Waals surface area contributed by atoms with Crippen LogP contribution in [0.1, 0.15) is 0 Å². The molecule has 3 rings (SSSR count). The number of aromatic amines is 1. The number of nitro groups is 1. The summed E-state index contributed by atoms with van der Waals surface area (Å²) in [6.45, 7) is 0. The Kier molecular flexibility index (Phi) is 6.19. The van der Waals surface area contributed by atoms with Gasteiger partial charge < -0.3 is 10.1 Å². The lowest BCUT2D eigenvalue weighted by atomic mass is 10.2. The van der Waals surface area contributed by atoms with Gasteiger partial charge in [-0.2, -0.15) is 0 Å². The third-order valence-corrected chi connectivity index (χ3v) is 4.60. The highest BCUT2D eigenvalue weighted by Crippen LogP contribution is 2.29. The molecule has 2 aromatic carbocycles. The van der Waals surface area contributed by atoms with Crippen LogP contribution in [0.3, 0.4) is 0 Å². The molecule has 0 unspecified atom stereocenters. The van der Waals surface area contributed by atoms with Crippen LogP contribution in [-0.2, 0) is 4.79 Å². The molecule has 1 aromatic heterocycles. The first-order valence-corrected chi connectivity index (χ1v) is 9.24. The van der Waals surface area contributed by atoms with Gasteiger partial charge in [0.05, 0.1) is 23.9 Å². The van der Waals surface area contributed by atoms with Gasteiger partial charge in [0.2, 0.25) is 5.91 Å². The number of benzene rings is 2. The first-order chi connectivity index (χ1) is 14.0. The van der Waals surface area contributed by atoms with Crippen molar-refractivity contribution < 1.29 is 14.5 Å². The lowest BCUT2D eigenvalue weighted by Gasteiger charge is -2.07. The summed E-state index contributed by atoms with van der Waals surface area (Å²) in [5.41, 5.74) is 0.124. The van der Waals surface area contributed by atoms with Crippen molar-refractivity contribution in [3.05, 3.63) is 69.0 Å². The minimum Gasteiger partial charge on any atom is -0.496 e. The Morgan fingerprint density at radius 2 is 2.00 bits per heavy atom. The van der Waals surface area contributed by atoms with Crippen LogP contribution in [0.2, 0.25) is 0 Å². The zero-order valence-corrected chi connectivity index (χ0v) is 15.9. The van der Waals surface area contributed by atoms with Gasteiger partial charge in [-0.15, -0.1) is 10.2 Å². The first-order valence-electron chi connectivity index (χ1n) is 8.25. The molecule has 0 radical (unpaired) electrons. The van der Waals surface area contributed by atoms with Gasteiger partial charge in [0, 0.05) is 5.56 Å². The number of carbonyl (C=O) groups is 1. The first kappa shape index (κ1) is 20.0. The molecule has 0 aliphatic carbocycles. The molecular formula is C18H15N5O5S. The Balaban J connectivity index is 1.66. The second-order valence-corrected chi connectivity index (χ2v) is 6.61. The van der Waals surface area contributed by atoms with Crippen LogP contribution in [0.5, 0.6) is 5.75 Å². The summed E-state index contributed by atoms with van der Waals surface area (Å²) in [6.07, 6.45) is 0. The van der Waals surface area contributed by atoms with Gasteiger partial charge in [-0.1, -0.05) is 42.1 Å². The number of carbonyl (C=O) groups excluding carboxylic acids is 1. The van der Waals surface area contributed by atoms with Crippen molar-refractivity contribution in [3.63, 3.8) is 0 Å². The SMILES string of the molecule is COc1ccc(NC(=O)CSc2nnc(-c3ccccc3)c(=O)[nH]2)c([N+](=O)[O-])c1. The van der Waals surface area contributed by atoms with Crippen LogP contribution in [0.4, 0.5) is 11.4 Å². The molecule has 148 valence electrons. The van der Waals surface area contributed by atoms with E-state index in [1.807, 2.05) is 6.07 Å². The van der Waals surface area contributed by atoms with E-state index in [0.717, 1.165) is 11.8 Å². The molecule has 0 saturated heterocycles. The zero-order chi connectivity index (χ0) is 20.8. The van der Waals surface area contributed by atoms with Gasteiger partial charge in [0.1, 0.15) is 11.4 Å². The Morgan fingerprint density at radius 3 is 2.66 bits per heavy atom. The summed E-state index contributed by atoms with van der Waals surface area (Å²) in [5, 5.41) is 21.6. The standard InChI is InChI=1S/C18H15N5O5S/c1-28-12-7-8-13(14(9-12)23(26)27)19-15(24)10-29-18-20-17(25)16(21-22-18)11-5-3-2-4-6-11/h2-9H,10H2,1H3,(H,19,24)(H,20,22,25). The van der Waals surface area contributed by atoms with E-state index in [-0.39, 0.29) is 28.0 Å². The fraction of sp³-hybridized carbons (Fsp3) is 0.111. The molecule has 0 aliphatic rings. The number of hydrogen-bond donors (Lipinski definition) is 2. The minimum absolute atomic E-state index is 0.0420. The van der Waals surface area contributed by atoms with Crippen molar-refractivity contribution in [3.8, 4) is 17.0 Å². The van der Waals surface area contributed by atoms with Gasteiger partial charge in [-0.25, -0.2) is 0 Å². The third kappa shape index (κ3) is 4.96. The van der Waals surface area contributed by atoms with Crippen molar-refractivity contribution in [2.24, 2.45) is 0 Å². The predicted molar refractivity (Wildman–Crippen MR) is 107 cm³/mol. The molecule has 1 heterocycles. The van der Waals surface area contributed by atoms with Crippen molar-refractivity contribution in [2.45, 2.75) is 5.16 Å². The van der Waals surface area contributed by atoms with Crippen LogP contribution >= 0.6 is 11.8 Å². The predicted octanol–water partition coefficient (Wildman–Crippen LogP) is 2.48. The fourth-order valence-electron chi connectivity index (χ4n) is 2.39. The summed E-state index contributed by atoms with van der Waals surface area (Å²) >= 11 is 0.952. The number of hydrogen-bond acceptors (Lipinski definition) is 8. The van der Waals surface area contributed by atoms with E-state index in [0.29, 0.717) is 11.3 Å². The van der Waals surface area contributed by atoms with Crippen LogP contribution in [0.15, 0.2) is 58.5 Å². The molecule has 0 fully saturated rings. The van der Waals surface area contributed by atoms with Gasteiger partial charge in [0.25, 0.3) is 11.2 Å². The molecule has 29 heavy (non-hydrogen) atoms. The quantitative estimate of drug-likeness (QED) is 0.342. The van der Waals surface area contributed by atoms with Gasteiger partial charge in [-0.05, 0) is 12.1 Å². The van der Waals surface area contributed by atoms with Crippen LogP contribution in [-0.4, -0.2) is 38.9 Å². The largest absolute Gasteiger partial charge is 0.496 e. The Bertz CT molecular complexity index is 1100. The van der Waals surface area contributed by atoms with E-state index in [2.05, 4.69) is 20.5 Å². The molecule has 1 amide bonds. The molecule has 0 atom stereocenters. The summed E-state index contributed by atoms with van der Waals surface area (Å²) in [7, 11) is 1.39. The third-order valence-electron chi connectivity index (χ3n) is 3.74. The number of amides is 1. The number of methoxy groups -OCH3 is 1. The number of nitrogens with zero attached hydrogens (tertiary/aromatic N) is 3. The van der Waals surface area contributed by atoms with E-state index >= 15 is 0 Å². The van der Waals surface area contributed by atoms with Crippen LogP contribution < -0.4 is 15.6 Å². The Labute approximate surface area is 168 Å². The average Bonchev–Trinajstić information content (AvgIpc) is 2.73. The van der Waals surface area contributed by atoms with Gasteiger partial charge in [-0.3, -0.25) is 24.7 Å². The number of anilines is 1. The fourth-order valence-corrected chi connectivity index (χ4v) is 2.99. The lowest BCUT2D eigenvalue weighted by molar-refractivity contribution is -0.384. The van der Waals surface area contributed by atoms with Crippen molar-refractivity contribution in [1.82, 2.24) is 15.2 Å². The number of H-pyrrole nitrogens is 1. The molecule has 0 bridgehead atoms. The van der Waals surface area contributed by atoms with Crippen LogP contribution in [0.25, 0.3) is 11.3 Å². The molecular weight excluding hydrogens is 398 g/mol. The van der Waals surface area contributed by atoms with E-state index in [1.54, 1.807) is 24.3 Å². The number of thioether (sulfide) groups is 1. The smallest absolute Gasteiger partial charge is 0.296 e. The van der Waals surface area contributed by atoms with E-state index in [9.17, 15) is 19.7 Å². The topological polar surface area (TPSA) is 140 Å². The summed E-state index contributed by atoms with van der Waals surface area (Å²) in [5.74, 6) is -0.327. The van der Waals surface area contributed by atoms with Crippen LogP contribution in [0, 0.1) is 10.1 Å². The molecule has 2 N–H and O–H groups in total. The summed E-state index contributed by atoms with van der Waals surface area (Å²) in [4.78, 5) is 37.5. The molecule has 3 aromatic rings. The number of nitro benzene ring substituents is 1. The van der Waals surface area contributed by atoms with Gasteiger partial charge >= 0.3 is 0 Å². The van der Waals surface area contributed by atoms with Gasteiger partial charge in [0.15, 0.2) is 10.9 Å². The second-order valence-electron chi connectivity index (χ2n) is 5.65. The van der Waals surface area contributed by atoms with E-state index in [4.69, 9.17) is 4.74 Å². The zero-order valence-electron chi connectivity index (χ0n) is 15.1. The summed E-state index contributed by atoms with van der Waals surface area (Å²) in [6, 6.07) is 13.0. The number of ether oxygens (including phenoxy) is 1. The Morgan fingerprint density at radius 1 is 1.24 bits per heavy atom. The molecule has 0 aliphatic heterocycles. The monoisotopic (exact) mass is 413 g/mol. The highest BCUT2D eigenvalue weighted by Gasteiger charge is 2.17. The van der Waals surface area contributed by atoms with E-state index in [1.165, 1.54) is 25.3 Å². The summed E-state index contributed by atoms with van der Waals surface area (Å²) < 4.78 is 4.95. The van der Waals surface area contributed by atoms with Crippen molar-refractivity contribution >= 4 is 29.0 Å². The van der Waals surface area contributed by atoms with E-state index < -0.39 is 16.4 Å². The molecule has 0 saturated carbocycles. The normalized spacial score (nSPS) is 10.4. The Hall–Kier alpha value is -3.73. The highest BCUT2D eigenvalue weighted by atomic mass is 32.2. The molecule has 11 heteroatoms. The maximum Gasteiger partial charge on any atom is 0.296 e. The average molecular weight is 413 g/mol. The van der Waals surface area contributed by atoms with Crippen molar-refractivity contribution in [2.75, 3.05) is 18.2 Å². The van der Waals surface area contributed by atoms with Crippen molar-refractivity contribution in [1.29, 1.82) is 0 Å². The number of nitrogens with one attached hydrogen (secondary N) is 2. The second kappa shape index (κ2) is 8.97. The minimum atomic E-state index is -0.615.